The van der Waals surface area contributed by atoms with Gasteiger partial charge in [0.15, 0.2) is 17.5 Å². The maximum Gasteiger partial charge on any atom is 0.164 e. The fraction of sp³-hybridized carbons (Fsp3) is 0.0192. The number of fused-ring (bicyclic) bond motifs is 13. The van der Waals surface area contributed by atoms with Crippen LogP contribution in [0.1, 0.15) is 22.3 Å². The first-order chi connectivity index (χ1) is 27.8. The van der Waals surface area contributed by atoms with Crippen LogP contribution in [0.4, 0.5) is 0 Å². The molecule has 56 heavy (non-hydrogen) atoms. The Hall–Kier alpha value is -7.43. The van der Waals surface area contributed by atoms with Crippen LogP contribution in [0, 0.1) is 0 Å². The second kappa shape index (κ2) is 11.8. The van der Waals surface area contributed by atoms with Crippen LogP contribution in [-0.4, -0.2) is 19.5 Å². The van der Waals surface area contributed by atoms with Gasteiger partial charge < -0.3 is 4.57 Å². The van der Waals surface area contributed by atoms with Crippen molar-refractivity contribution in [3.8, 4) is 62.1 Å². The van der Waals surface area contributed by atoms with E-state index in [1.165, 1.54) is 66.3 Å². The average Bonchev–Trinajstić information content (AvgIpc) is 3.89. The molecule has 0 saturated heterocycles. The molecule has 4 heteroatoms. The Kier molecular flexibility index (Phi) is 6.52. The number of nitrogens with zero attached hydrogens (tertiary/aromatic N) is 4. The lowest BCUT2D eigenvalue weighted by Gasteiger charge is -2.30. The zero-order valence-electron chi connectivity index (χ0n) is 30.3. The van der Waals surface area contributed by atoms with Gasteiger partial charge in [0.1, 0.15) is 0 Å². The summed E-state index contributed by atoms with van der Waals surface area (Å²) in [6.07, 6.45) is 0. The summed E-state index contributed by atoms with van der Waals surface area (Å²) in [4.78, 5) is 15.7. The zero-order valence-corrected chi connectivity index (χ0v) is 30.3. The van der Waals surface area contributed by atoms with Crippen molar-refractivity contribution in [2.45, 2.75) is 5.41 Å². The molecule has 0 atom stereocenters. The Morgan fingerprint density at radius 3 is 1.39 bits per heavy atom. The molecule has 0 unspecified atom stereocenters. The third-order valence-corrected chi connectivity index (χ3v) is 11.9. The van der Waals surface area contributed by atoms with Crippen LogP contribution >= 0.6 is 0 Å². The highest BCUT2D eigenvalue weighted by Crippen LogP contribution is 2.63. The highest BCUT2D eigenvalue weighted by molar-refractivity contribution is 6.09. The molecule has 0 saturated carbocycles. The van der Waals surface area contributed by atoms with Crippen molar-refractivity contribution in [1.29, 1.82) is 0 Å². The molecule has 0 bridgehead atoms. The minimum atomic E-state index is -0.449. The summed E-state index contributed by atoms with van der Waals surface area (Å²) < 4.78 is 2.34. The van der Waals surface area contributed by atoms with E-state index in [0.29, 0.717) is 17.5 Å². The number of benzene rings is 8. The van der Waals surface area contributed by atoms with Crippen molar-refractivity contribution in [3.63, 3.8) is 0 Å². The average molecular weight is 713 g/mol. The largest absolute Gasteiger partial charge is 0.309 e. The Balaban J connectivity index is 1.07. The minimum Gasteiger partial charge on any atom is -0.309 e. The summed E-state index contributed by atoms with van der Waals surface area (Å²) in [5.41, 5.74) is 16.0. The van der Waals surface area contributed by atoms with Gasteiger partial charge in [-0.05, 0) is 80.9 Å². The lowest BCUT2D eigenvalue weighted by molar-refractivity contribution is 0.794. The molecule has 0 fully saturated rings. The van der Waals surface area contributed by atoms with E-state index in [4.69, 9.17) is 15.0 Å². The van der Waals surface area contributed by atoms with E-state index in [1.54, 1.807) is 0 Å². The van der Waals surface area contributed by atoms with Gasteiger partial charge in [-0.3, -0.25) is 0 Å². The Morgan fingerprint density at radius 1 is 0.321 bits per heavy atom. The second-order valence-electron chi connectivity index (χ2n) is 14.7. The maximum absolute atomic E-state index is 5.32. The van der Waals surface area contributed by atoms with E-state index in [9.17, 15) is 0 Å². The molecule has 2 aromatic heterocycles. The van der Waals surface area contributed by atoms with Crippen LogP contribution in [0.3, 0.4) is 0 Å². The summed E-state index contributed by atoms with van der Waals surface area (Å²) in [6, 6.07) is 69.5. The second-order valence-corrected chi connectivity index (χ2v) is 14.7. The first kappa shape index (κ1) is 31.0. The molecular formula is C52H32N4. The maximum atomic E-state index is 5.32. The van der Waals surface area contributed by atoms with Crippen LogP contribution in [0.2, 0.25) is 0 Å². The summed E-state index contributed by atoms with van der Waals surface area (Å²) in [5.74, 6) is 1.94. The molecule has 0 aliphatic heterocycles. The Bertz CT molecular complexity index is 3100. The number of para-hydroxylation sites is 2. The van der Waals surface area contributed by atoms with Crippen LogP contribution in [0.25, 0.3) is 83.9 Å². The molecule has 260 valence electrons. The molecule has 10 aromatic rings. The molecule has 12 rings (SSSR count). The van der Waals surface area contributed by atoms with Crippen molar-refractivity contribution in [3.05, 3.63) is 216 Å². The third kappa shape index (κ3) is 4.21. The predicted molar refractivity (Wildman–Crippen MR) is 227 cm³/mol. The topological polar surface area (TPSA) is 43.6 Å². The van der Waals surface area contributed by atoms with Gasteiger partial charge in [-0.2, -0.15) is 0 Å². The van der Waals surface area contributed by atoms with Gasteiger partial charge in [-0.25, -0.2) is 15.0 Å². The normalized spacial score (nSPS) is 13.1. The first-order valence-electron chi connectivity index (χ1n) is 19.1. The standard InChI is InChI=1S/C52H32N4/c1-2-15-33(16-3-1)49-53-50(34-29-31-35(32-30-34)56-46-27-12-7-19-38(46)39-20-8-13-28-47(39)56)55-51(54-49)41-22-14-26-45-48(41)40-21-6-11-25-44(40)52(45)42-23-9-4-17-36(42)37-18-5-10-24-43(37)52/h1-32H. The van der Waals surface area contributed by atoms with Crippen LogP contribution in [0.15, 0.2) is 194 Å². The number of aromatic nitrogens is 4. The zero-order chi connectivity index (χ0) is 36.8. The van der Waals surface area contributed by atoms with Crippen molar-refractivity contribution in [2.24, 2.45) is 0 Å². The SMILES string of the molecule is c1ccc(-c2nc(-c3ccc(-n4c5ccccc5c5ccccc54)cc3)nc(-c3cccc4c3-c3ccccc3C43c4ccccc4-c4ccccc43)n2)cc1. The highest BCUT2D eigenvalue weighted by Gasteiger charge is 2.52. The fourth-order valence-corrected chi connectivity index (χ4v) is 9.63. The lowest BCUT2D eigenvalue weighted by Crippen LogP contribution is -2.25. The monoisotopic (exact) mass is 712 g/mol. The van der Waals surface area contributed by atoms with E-state index >= 15 is 0 Å². The summed E-state index contributed by atoms with van der Waals surface area (Å²) in [7, 11) is 0. The van der Waals surface area contributed by atoms with E-state index < -0.39 is 5.41 Å². The number of hydrogen-bond acceptors (Lipinski definition) is 3. The van der Waals surface area contributed by atoms with Gasteiger partial charge >= 0.3 is 0 Å². The number of rotatable bonds is 4. The summed E-state index contributed by atoms with van der Waals surface area (Å²) >= 11 is 0. The van der Waals surface area contributed by atoms with Crippen molar-refractivity contribution in [1.82, 2.24) is 19.5 Å². The smallest absolute Gasteiger partial charge is 0.164 e. The van der Waals surface area contributed by atoms with Crippen molar-refractivity contribution >= 4 is 21.8 Å². The molecule has 0 N–H and O–H groups in total. The van der Waals surface area contributed by atoms with Gasteiger partial charge in [0, 0.05) is 33.2 Å². The molecule has 0 amide bonds. The van der Waals surface area contributed by atoms with Crippen molar-refractivity contribution in [2.75, 3.05) is 0 Å². The van der Waals surface area contributed by atoms with Crippen LogP contribution < -0.4 is 0 Å². The molecule has 0 radical (unpaired) electrons. The van der Waals surface area contributed by atoms with Crippen molar-refractivity contribution < 1.29 is 0 Å². The first-order valence-corrected chi connectivity index (χ1v) is 19.1. The van der Waals surface area contributed by atoms with E-state index in [1.807, 2.05) is 18.2 Å². The van der Waals surface area contributed by atoms with Gasteiger partial charge in [0.05, 0.1) is 16.4 Å². The van der Waals surface area contributed by atoms with Gasteiger partial charge in [0.25, 0.3) is 0 Å². The molecule has 8 aromatic carbocycles. The molecule has 4 nitrogen and oxygen atoms in total. The Morgan fingerprint density at radius 2 is 0.768 bits per heavy atom. The Labute approximate surface area is 324 Å². The van der Waals surface area contributed by atoms with Crippen LogP contribution in [-0.2, 0) is 5.41 Å². The van der Waals surface area contributed by atoms with Crippen LogP contribution in [0.5, 0.6) is 0 Å². The summed E-state index contributed by atoms with van der Waals surface area (Å²) in [6.45, 7) is 0. The molecule has 1 spiro atoms. The molecule has 2 aliphatic carbocycles. The molecule has 2 aliphatic rings. The van der Waals surface area contributed by atoms with E-state index in [2.05, 4.69) is 180 Å². The van der Waals surface area contributed by atoms with Gasteiger partial charge in [0.2, 0.25) is 0 Å². The number of hydrogen-bond donors (Lipinski definition) is 0. The molecular weight excluding hydrogens is 681 g/mol. The lowest BCUT2D eigenvalue weighted by atomic mass is 9.70. The van der Waals surface area contributed by atoms with E-state index in [0.717, 1.165) is 22.4 Å². The van der Waals surface area contributed by atoms with E-state index in [-0.39, 0.29) is 0 Å². The predicted octanol–water partition coefficient (Wildman–Crippen LogP) is 12.3. The minimum absolute atomic E-state index is 0.449. The fourth-order valence-electron chi connectivity index (χ4n) is 9.63. The van der Waals surface area contributed by atoms with Gasteiger partial charge in [-0.15, -0.1) is 0 Å². The highest BCUT2D eigenvalue weighted by atomic mass is 15.0. The summed E-state index contributed by atoms with van der Waals surface area (Å²) in [5, 5.41) is 2.48. The molecule has 2 heterocycles. The quantitative estimate of drug-likeness (QED) is 0.182. The van der Waals surface area contributed by atoms with Gasteiger partial charge in [-0.1, -0.05) is 158 Å². The third-order valence-electron chi connectivity index (χ3n) is 11.9.